The maximum atomic E-state index is 13.2. The molecule has 1 aliphatic rings. The van der Waals surface area contributed by atoms with E-state index in [0.717, 1.165) is 28.6 Å². The Morgan fingerprint density at radius 3 is 2.71 bits per heavy atom. The second-order valence-electron chi connectivity index (χ2n) is 8.18. The summed E-state index contributed by atoms with van der Waals surface area (Å²) < 4.78 is 1.85. The van der Waals surface area contributed by atoms with Gasteiger partial charge in [0.1, 0.15) is 0 Å². The van der Waals surface area contributed by atoms with Gasteiger partial charge < -0.3 is 5.32 Å². The molecule has 0 aliphatic carbocycles. The van der Waals surface area contributed by atoms with Gasteiger partial charge in [0.25, 0.3) is 5.91 Å². The zero-order valence-corrected chi connectivity index (χ0v) is 18.1. The van der Waals surface area contributed by atoms with Crippen LogP contribution in [0.4, 0.5) is 0 Å². The molecule has 0 bridgehead atoms. The van der Waals surface area contributed by atoms with E-state index >= 15 is 0 Å². The molecular formula is C24H26N6O. The normalized spacial score (nSPS) is 14.0. The maximum Gasteiger partial charge on any atom is 0.252 e. The van der Waals surface area contributed by atoms with E-state index in [9.17, 15) is 4.79 Å². The van der Waals surface area contributed by atoms with Crippen LogP contribution in [0.1, 0.15) is 55.1 Å². The number of aromatic nitrogens is 3. The number of carbonyl (C=O) groups is 1. The molecule has 7 heteroatoms. The second kappa shape index (κ2) is 8.31. The number of pyridine rings is 1. The van der Waals surface area contributed by atoms with Crippen molar-refractivity contribution in [2.45, 2.75) is 51.7 Å². The molecule has 0 spiro atoms. The molecule has 0 unspecified atom stereocenters. The van der Waals surface area contributed by atoms with Crippen molar-refractivity contribution in [1.29, 1.82) is 0 Å². The summed E-state index contributed by atoms with van der Waals surface area (Å²) in [6.07, 6.45) is 9.06. The number of hydrogen-bond donors (Lipinski definition) is 1. The lowest BCUT2D eigenvalue weighted by Crippen LogP contribution is -2.28. The first-order chi connectivity index (χ1) is 14.9. The highest BCUT2D eigenvalue weighted by molar-refractivity contribution is 6.06. The van der Waals surface area contributed by atoms with E-state index < -0.39 is 5.66 Å². The van der Waals surface area contributed by atoms with Crippen LogP contribution in [0.15, 0.2) is 46.8 Å². The fourth-order valence-electron chi connectivity index (χ4n) is 3.72. The van der Waals surface area contributed by atoms with Gasteiger partial charge in [0.15, 0.2) is 11.3 Å². The molecule has 1 amide bonds. The Kier molecular flexibility index (Phi) is 5.55. The van der Waals surface area contributed by atoms with Crippen LogP contribution < -0.4 is 5.32 Å². The van der Waals surface area contributed by atoms with E-state index in [1.54, 1.807) is 6.20 Å². The zero-order valence-electron chi connectivity index (χ0n) is 18.1. The Bertz CT molecular complexity index is 1190. The van der Waals surface area contributed by atoms with Crippen molar-refractivity contribution in [2.75, 3.05) is 6.54 Å². The third-order valence-electron chi connectivity index (χ3n) is 5.59. The Labute approximate surface area is 182 Å². The molecule has 1 N–H and O–H groups in total. The van der Waals surface area contributed by atoms with Crippen molar-refractivity contribution < 1.29 is 4.79 Å². The van der Waals surface area contributed by atoms with Gasteiger partial charge in [-0.15, -0.1) is 12.3 Å². The van der Waals surface area contributed by atoms with Crippen LogP contribution in [0.25, 0.3) is 22.3 Å². The molecule has 31 heavy (non-hydrogen) atoms. The summed E-state index contributed by atoms with van der Waals surface area (Å²) >= 11 is 0. The quantitative estimate of drug-likeness (QED) is 0.543. The smallest absolute Gasteiger partial charge is 0.252 e. The van der Waals surface area contributed by atoms with Crippen LogP contribution in [0.3, 0.4) is 0 Å². The van der Waals surface area contributed by atoms with Crippen LogP contribution in [-0.2, 0) is 0 Å². The zero-order chi connectivity index (χ0) is 22.0. The fourth-order valence-corrected chi connectivity index (χ4v) is 3.72. The predicted molar refractivity (Wildman–Crippen MR) is 121 cm³/mol. The Balaban J connectivity index is 1.64. The summed E-state index contributed by atoms with van der Waals surface area (Å²) in [4.78, 5) is 18.0. The first kappa shape index (κ1) is 20.7. The van der Waals surface area contributed by atoms with Gasteiger partial charge in [-0.05, 0) is 32.4 Å². The minimum absolute atomic E-state index is 0.127. The molecule has 3 heterocycles. The number of terminal acetylenes is 1. The van der Waals surface area contributed by atoms with E-state index in [1.807, 2.05) is 55.8 Å². The van der Waals surface area contributed by atoms with E-state index in [-0.39, 0.29) is 11.9 Å². The molecule has 4 rings (SSSR count). The highest BCUT2D eigenvalue weighted by Crippen LogP contribution is 2.36. The van der Waals surface area contributed by atoms with Crippen LogP contribution in [0.5, 0.6) is 0 Å². The number of fused-ring (bicyclic) bond motifs is 1. The third-order valence-corrected chi connectivity index (χ3v) is 5.59. The number of carbonyl (C=O) groups excluding carboxylic acids is 1. The van der Waals surface area contributed by atoms with Crippen LogP contribution in [-0.4, -0.2) is 32.9 Å². The number of benzene rings is 1. The monoisotopic (exact) mass is 414 g/mol. The van der Waals surface area contributed by atoms with Gasteiger partial charge in [-0.1, -0.05) is 24.3 Å². The molecule has 0 radical (unpaired) electrons. The van der Waals surface area contributed by atoms with Crippen molar-refractivity contribution >= 4 is 16.9 Å². The summed E-state index contributed by atoms with van der Waals surface area (Å²) in [6, 6.07) is 10.0. The SMILES string of the molecule is C#CCCC1(CCNC(=O)c2cc(-c3ccccc3C)nc3c2cnn3C(C)C)N=N1. The van der Waals surface area contributed by atoms with Gasteiger partial charge in [-0.25, -0.2) is 9.67 Å². The van der Waals surface area contributed by atoms with Crippen molar-refractivity contribution in [3.05, 3.63) is 47.7 Å². The lowest BCUT2D eigenvalue weighted by molar-refractivity contribution is 0.0953. The minimum Gasteiger partial charge on any atom is -0.352 e. The largest absolute Gasteiger partial charge is 0.352 e. The number of amides is 1. The maximum absolute atomic E-state index is 13.2. The van der Waals surface area contributed by atoms with Gasteiger partial charge in [0, 0.05) is 37.4 Å². The van der Waals surface area contributed by atoms with Crippen molar-refractivity contribution in [3.63, 3.8) is 0 Å². The number of rotatable bonds is 8. The van der Waals surface area contributed by atoms with Crippen molar-refractivity contribution in [2.24, 2.45) is 10.2 Å². The predicted octanol–water partition coefficient (Wildman–Crippen LogP) is 4.68. The molecule has 0 saturated carbocycles. The first-order valence-electron chi connectivity index (χ1n) is 10.5. The standard InChI is InChI=1S/C24H26N6O/c1-5-6-11-24(28-29-24)12-13-25-23(31)19-14-21(18-10-8-7-9-17(18)4)27-22-20(19)15-26-30(22)16(2)3/h1,7-10,14-16H,6,11-13H2,2-4H3,(H,25,31). The molecular weight excluding hydrogens is 388 g/mol. The van der Waals surface area contributed by atoms with Crippen LogP contribution in [0.2, 0.25) is 0 Å². The molecule has 2 aromatic heterocycles. The first-order valence-corrected chi connectivity index (χ1v) is 10.5. The number of nitrogens with one attached hydrogen (secondary N) is 1. The summed E-state index contributed by atoms with van der Waals surface area (Å²) in [6.45, 7) is 6.61. The van der Waals surface area contributed by atoms with Gasteiger partial charge >= 0.3 is 0 Å². The van der Waals surface area contributed by atoms with E-state index in [2.05, 4.69) is 26.6 Å². The molecule has 0 fully saturated rings. The van der Waals surface area contributed by atoms with E-state index in [4.69, 9.17) is 11.4 Å². The molecule has 7 nitrogen and oxygen atoms in total. The fraction of sp³-hybridized carbons (Fsp3) is 0.375. The van der Waals surface area contributed by atoms with Gasteiger partial charge in [0.2, 0.25) is 0 Å². The minimum atomic E-state index is -0.415. The average molecular weight is 415 g/mol. The van der Waals surface area contributed by atoms with E-state index in [0.29, 0.717) is 30.6 Å². The summed E-state index contributed by atoms with van der Waals surface area (Å²) in [5.41, 5.74) is 3.72. The molecule has 1 aromatic carbocycles. The number of aryl methyl sites for hydroxylation is 1. The Morgan fingerprint density at radius 1 is 1.26 bits per heavy atom. The summed E-state index contributed by atoms with van der Waals surface area (Å²) in [7, 11) is 0. The number of hydrogen-bond acceptors (Lipinski definition) is 5. The summed E-state index contributed by atoms with van der Waals surface area (Å²) in [5, 5.41) is 16.5. The average Bonchev–Trinajstić information content (AvgIpc) is 3.39. The topological polar surface area (TPSA) is 84.5 Å². The van der Waals surface area contributed by atoms with Crippen LogP contribution >= 0.6 is 0 Å². The molecule has 158 valence electrons. The lowest BCUT2D eigenvalue weighted by Gasteiger charge is -2.13. The van der Waals surface area contributed by atoms with Crippen molar-refractivity contribution in [3.8, 4) is 23.6 Å². The highest BCUT2D eigenvalue weighted by atomic mass is 16.1. The molecule has 0 saturated heterocycles. The highest BCUT2D eigenvalue weighted by Gasteiger charge is 2.38. The van der Waals surface area contributed by atoms with Crippen molar-refractivity contribution in [1.82, 2.24) is 20.1 Å². The second-order valence-corrected chi connectivity index (χ2v) is 8.18. The molecule has 0 atom stereocenters. The molecule has 1 aliphatic heterocycles. The Morgan fingerprint density at radius 2 is 2.03 bits per heavy atom. The van der Waals surface area contributed by atoms with Gasteiger partial charge in [-0.2, -0.15) is 15.3 Å². The van der Waals surface area contributed by atoms with Gasteiger partial charge in [0.05, 0.1) is 22.8 Å². The summed E-state index contributed by atoms with van der Waals surface area (Å²) in [5.74, 6) is 2.47. The lowest BCUT2D eigenvalue weighted by atomic mass is 10.0. The van der Waals surface area contributed by atoms with E-state index in [1.165, 1.54) is 0 Å². The van der Waals surface area contributed by atoms with Gasteiger partial charge in [-0.3, -0.25) is 4.79 Å². The molecule has 3 aromatic rings. The number of nitrogens with zero attached hydrogens (tertiary/aromatic N) is 5. The third kappa shape index (κ3) is 4.19. The Hall–Kier alpha value is -3.53. The van der Waals surface area contributed by atoms with Crippen LogP contribution in [0, 0.1) is 19.3 Å².